The first-order valence-electron chi connectivity index (χ1n) is 9.17. The molecule has 0 bridgehead atoms. The Morgan fingerprint density at radius 3 is 1.50 bits per heavy atom. The van der Waals surface area contributed by atoms with Crippen LogP contribution in [0, 0.1) is 13.3 Å². The van der Waals surface area contributed by atoms with E-state index in [-0.39, 0.29) is 0 Å². The average molecular weight is 280 g/mol. The van der Waals surface area contributed by atoms with E-state index in [4.69, 9.17) is 4.74 Å². The molecule has 0 aromatic carbocycles. The van der Waals surface area contributed by atoms with Gasteiger partial charge < -0.3 is 4.74 Å². The second-order valence-corrected chi connectivity index (χ2v) is 6.33. The summed E-state index contributed by atoms with van der Waals surface area (Å²) < 4.78 is 5.60. The smallest absolute Gasteiger partial charge is 0.0611 e. The summed E-state index contributed by atoms with van der Waals surface area (Å²) in [7, 11) is 0. The zero-order valence-corrected chi connectivity index (χ0v) is 13.6. The lowest BCUT2D eigenvalue weighted by Crippen LogP contribution is -1.96. The largest absolute Gasteiger partial charge is 0.378 e. The topological polar surface area (TPSA) is 9.23 Å². The van der Waals surface area contributed by atoms with Gasteiger partial charge in [0.15, 0.2) is 0 Å². The van der Waals surface area contributed by atoms with Crippen LogP contribution in [-0.4, -0.2) is 12.7 Å². The van der Waals surface area contributed by atoms with Gasteiger partial charge in [-0.15, -0.1) is 0 Å². The molecule has 2 radical (unpaired) electrons. The first kappa shape index (κ1) is 18.0. The van der Waals surface area contributed by atoms with Crippen molar-refractivity contribution in [3.63, 3.8) is 0 Å². The van der Waals surface area contributed by atoms with Crippen LogP contribution < -0.4 is 0 Å². The molecule has 1 aliphatic rings. The van der Waals surface area contributed by atoms with E-state index in [0.29, 0.717) is 6.10 Å². The van der Waals surface area contributed by atoms with Crippen molar-refractivity contribution in [1.82, 2.24) is 0 Å². The third-order valence-electron chi connectivity index (χ3n) is 4.15. The number of hydrogen-bond acceptors (Lipinski definition) is 1. The zero-order valence-electron chi connectivity index (χ0n) is 13.6. The molecule has 0 saturated heterocycles. The van der Waals surface area contributed by atoms with Gasteiger partial charge in [0.1, 0.15) is 0 Å². The van der Waals surface area contributed by atoms with Crippen molar-refractivity contribution in [3.05, 3.63) is 13.3 Å². The Hall–Kier alpha value is -0.0400. The van der Waals surface area contributed by atoms with E-state index in [0.717, 1.165) is 13.0 Å². The molecular formula is C19H36O. The van der Waals surface area contributed by atoms with E-state index in [1.165, 1.54) is 89.9 Å². The Morgan fingerprint density at radius 1 is 0.700 bits per heavy atom. The molecule has 20 heavy (non-hydrogen) atoms. The highest BCUT2D eigenvalue weighted by Crippen LogP contribution is 2.22. The van der Waals surface area contributed by atoms with Crippen LogP contribution in [-0.2, 0) is 4.74 Å². The van der Waals surface area contributed by atoms with E-state index >= 15 is 0 Å². The van der Waals surface area contributed by atoms with Gasteiger partial charge in [0.05, 0.1) is 6.10 Å². The SMILES string of the molecule is [CH2]CCCCCCCCCCCCCCCOC1[CH]C1. The Kier molecular flexibility index (Phi) is 12.5. The molecule has 118 valence electrons. The van der Waals surface area contributed by atoms with Crippen LogP contribution in [0.2, 0.25) is 0 Å². The Bertz CT molecular complexity index is 186. The van der Waals surface area contributed by atoms with E-state index in [1.807, 2.05) is 0 Å². The molecule has 0 aliphatic heterocycles. The molecule has 1 aliphatic carbocycles. The molecule has 1 heteroatoms. The summed E-state index contributed by atoms with van der Waals surface area (Å²) in [6.45, 7) is 4.87. The van der Waals surface area contributed by atoms with Crippen molar-refractivity contribution in [2.45, 2.75) is 102 Å². The highest BCUT2D eigenvalue weighted by atomic mass is 16.5. The van der Waals surface area contributed by atoms with Crippen molar-refractivity contribution in [2.24, 2.45) is 0 Å². The third-order valence-corrected chi connectivity index (χ3v) is 4.15. The monoisotopic (exact) mass is 280 g/mol. The highest BCUT2D eigenvalue weighted by Gasteiger charge is 2.21. The molecule has 0 aromatic rings. The van der Waals surface area contributed by atoms with Gasteiger partial charge in [0.25, 0.3) is 0 Å². The van der Waals surface area contributed by atoms with Crippen LogP contribution in [0.5, 0.6) is 0 Å². The maximum absolute atomic E-state index is 5.60. The Labute approximate surface area is 127 Å². The first-order valence-corrected chi connectivity index (χ1v) is 9.17. The standard InChI is InChI=1S/C19H36O/c1-2-3-4-5-6-7-8-9-10-11-12-13-14-15-18-20-19-16-17-19/h16,19H,1-15,17-18H2. The lowest BCUT2D eigenvalue weighted by molar-refractivity contribution is 0.122. The van der Waals surface area contributed by atoms with Crippen LogP contribution in [0.15, 0.2) is 0 Å². The molecule has 0 spiro atoms. The summed E-state index contributed by atoms with van der Waals surface area (Å²) in [5.41, 5.74) is 0. The number of ether oxygens (including phenoxy) is 1. The number of unbranched alkanes of at least 4 members (excludes halogenated alkanes) is 13. The fourth-order valence-corrected chi connectivity index (χ4v) is 2.65. The van der Waals surface area contributed by atoms with Crippen LogP contribution in [0.3, 0.4) is 0 Å². The summed E-state index contributed by atoms with van der Waals surface area (Å²) in [5, 5.41) is 0. The first-order chi connectivity index (χ1) is 9.93. The van der Waals surface area contributed by atoms with Crippen molar-refractivity contribution in [1.29, 1.82) is 0 Å². The van der Waals surface area contributed by atoms with Gasteiger partial charge in [-0.2, -0.15) is 0 Å². The maximum atomic E-state index is 5.60. The van der Waals surface area contributed by atoms with Gasteiger partial charge in [-0.3, -0.25) is 0 Å². The number of rotatable bonds is 16. The minimum absolute atomic E-state index is 0.522. The number of hydrogen-bond donors (Lipinski definition) is 0. The molecule has 1 saturated carbocycles. The van der Waals surface area contributed by atoms with Gasteiger partial charge in [0.2, 0.25) is 0 Å². The van der Waals surface area contributed by atoms with Crippen molar-refractivity contribution >= 4 is 0 Å². The zero-order chi connectivity index (χ0) is 14.3. The molecule has 1 nitrogen and oxygen atoms in total. The lowest BCUT2D eigenvalue weighted by Gasteiger charge is -2.03. The fraction of sp³-hybridized carbons (Fsp3) is 0.895. The summed E-state index contributed by atoms with van der Waals surface area (Å²) in [4.78, 5) is 0. The molecule has 0 aromatic heterocycles. The predicted molar refractivity (Wildman–Crippen MR) is 88.7 cm³/mol. The molecular weight excluding hydrogens is 244 g/mol. The molecule has 0 amide bonds. The van der Waals surface area contributed by atoms with E-state index in [2.05, 4.69) is 13.3 Å². The van der Waals surface area contributed by atoms with Gasteiger partial charge in [-0.25, -0.2) is 0 Å². The molecule has 1 fully saturated rings. The summed E-state index contributed by atoms with van der Waals surface area (Å²) in [6.07, 6.45) is 23.4. The molecule has 1 rings (SSSR count). The van der Waals surface area contributed by atoms with Gasteiger partial charge in [0, 0.05) is 6.61 Å². The van der Waals surface area contributed by atoms with E-state index < -0.39 is 0 Å². The van der Waals surface area contributed by atoms with Crippen LogP contribution in [0.25, 0.3) is 0 Å². The maximum Gasteiger partial charge on any atom is 0.0611 e. The average Bonchev–Trinajstić information content (AvgIpc) is 3.27. The Balaban J connectivity index is 1.60. The molecule has 0 heterocycles. The minimum Gasteiger partial charge on any atom is -0.378 e. The summed E-state index contributed by atoms with van der Waals surface area (Å²) in [5.74, 6) is 0. The summed E-state index contributed by atoms with van der Waals surface area (Å²) >= 11 is 0. The predicted octanol–water partition coefficient (Wildman–Crippen LogP) is 6.28. The molecule has 1 unspecified atom stereocenters. The van der Waals surface area contributed by atoms with Gasteiger partial charge in [-0.1, -0.05) is 90.4 Å². The van der Waals surface area contributed by atoms with Crippen LogP contribution in [0.1, 0.15) is 96.3 Å². The Morgan fingerprint density at radius 2 is 1.10 bits per heavy atom. The molecule has 1 atom stereocenters. The van der Waals surface area contributed by atoms with Gasteiger partial charge >= 0.3 is 0 Å². The quantitative estimate of drug-likeness (QED) is 0.302. The fourth-order valence-electron chi connectivity index (χ4n) is 2.65. The van der Waals surface area contributed by atoms with Crippen LogP contribution >= 0.6 is 0 Å². The third kappa shape index (κ3) is 13.0. The minimum atomic E-state index is 0.522. The van der Waals surface area contributed by atoms with Crippen molar-refractivity contribution in [2.75, 3.05) is 6.61 Å². The lowest BCUT2D eigenvalue weighted by atomic mass is 10.0. The van der Waals surface area contributed by atoms with E-state index in [9.17, 15) is 0 Å². The second kappa shape index (κ2) is 13.9. The highest BCUT2D eigenvalue weighted by molar-refractivity contribution is 4.96. The van der Waals surface area contributed by atoms with Crippen molar-refractivity contribution < 1.29 is 4.74 Å². The molecule has 0 N–H and O–H groups in total. The normalized spacial score (nSPS) is 14.8. The summed E-state index contributed by atoms with van der Waals surface area (Å²) in [6, 6.07) is 0. The second-order valence-electron chi connectivity index (χ2n) is 6.33. The van der Waals surface area contributed by atoms with Gasteiger partial charge in [-0.05, 0) is 19.3 Å². The van der Waals surface area contributed by atoms with Crippen molar-refractivity contribution in [3.8, 4) is 0 Å². The van der Waals surface area contributed by atoms with E-state index in [1.54, 1.807) is 0 Å². The van der Waals surface area contributed by atoms with Crippen LogP contribution in [0.4, 0.5) is 0 Å².